The Morgan fingerprint density at radius 1 is 1.29 bits per heavy atom. The van der Waals surface area contributed by atoms with Crippen LogP contribution >= 0.6 is 0 Å². The molecule has 1 N–H and O–H groups in total. The number of hydrogen-bond donors (Lipinski definition) is 1. The van der Waals surface area contributed by atoms with Crippen LogP contribution in [0, 0.1) is 5.41 Å². The minimum Gasteiger partial charge on any atom is -0.338 e. The van der Waals surface area contributed by atoms with Gasteiger partial charge in [0.1, 0.15) is 0 Å². The summed E-state index contributed by atoms with van der Waals surface area (Å²) in [6, 6.07) is 10.3. The number of piperidine rings is 1. The monoisotopic (exact) mass is 288 g/mol. The van der Waals surface area contributed by atoms with Crippen LogP contribution in [0.2, 0.25) is 0 Å². The van der Waals surface area contributed by atoms with E-state index in [1.54, 1.807) is 0 Å². The molecular weight excluding hydrogens is 260 g/mol. The number of benzene rings is 1. The van der Waals surface area contributed by atoms with Crippen LogP contribution in [-0.2, 0) is 11.3 Å². The molecule has 116 valence electrons. The van der Waals surface area contributed by atoms with Gasteiger partial charge in [-0.1, -0.05) is 44.2 Å². The predicted octanol–water partition coefficient (Wildman–Crippen LogP) is 3.21. The first-order chi connectivity index (χ1) is 10.2. The summed E-state index contributed by atoms with van der Waals surface area (Å²) in [6.07, 6.45) is 4.05. The fraction of sp³-hybridized carbons (Fsp3) is 0.611. The molecule has 1 atom stereocenters. The molecule has 1 aromatic carbocycles. The average molecular weight is 288 g/mol. The Morgan fingerprint density at radius 3 is 2.62 bits per heavy atom. The molecule has 3 nitrogen and oxygen atoms in total. The summed E-state index contributed by atoms with van der Waals surface area (Å²) < 4.78 is 0. The summed E-state index contributed by atoms with van der Waals surface area (Å²) in [5, 5.41) is 3.42. The van der Waals surface area contributed by atoms with Gasteiger partial charge in [0.2, 0.25) is 5.91 Å². The molecule has 1 unspecified atom stereocenters. The maximum Gasteiger partial charge on any atom is 0.230 e. The van der Waals surface area contributed by atoms with Crippen molar-refractivity contribution in [1.29, 1.82) is 0 Å². The zero-order valence-electron chi connectivity index (χ0n) is 13.4. The van der Waals surface area contributed by atoms with E-state index in [4.69, 9.17) is 0 Å². The lowest BCUT2D eigenvalue weighted by Gasteiger charge is -2.39. The van der Waals surface area contributed by atoms with Crippen molar-refractivity contribution in [3.05, 3.63) is 35.9 Å². The van der Waals surface area contributed by atoms with Gasteiger partial charge in [0.15, 0.2) is 0 Å². The van der Waals surface area contributed by atoms with E-state index in [0.717, 1.165) is 51.9 Å². The number of hydrogen-bond acceptors (Lipinski definition) is 2. The molecule has 1 amide bonds. The van der Waals surface area contributed by atoms with Crippen molar-refractivity contribution in [3.63, 3.8) is 0 Å². The topological polar surface area (TPSA) is 32.3 Å². The Bertz CT molecular complexity index is 438. The Hall–Kier alpha value is -1.35. The van der Waals surface area contributed by atoms with Gasteiger partial charge in [-0.2, -0.15) is 0 Å². The molecular formula is C18H28N2O. The van der Waals surface area contributed by atoms with Crippen molar-refractivity contribution < 1.29 is 4.79 Å². The number of nitrogens with one attached hydrogen (secondary N) is 1. The first kappa shape index (κ1) is 16.0. The minimum absolute atomic E-state index is 0.192. The minimum atomic E-state index is -0.192. The molecule has 0 spiro atoms. The van der Waals surface area contributed by atoms with E-state index in [0.29, 0.717) is 5.91 Å². The molecule has 1 aliphatic rings. The highest BCUT2D eigenvalue weighted by molar-refractivity contribution is 5.83. The van der Waals surface area contributed by atoms with Crippen LogP contribution < -0.4 is 5.32 Å². The fourth-order valence-corrected chi connectivity index (χ4v) is 3.26. The molecule has 2 rings (SSSR count). The zero-order chi connectivity index (χ0) is 15.1. The van der Waals surface area contributed by atoms with E-state index in [9.17, 15) is 4.79 Å². The first-order valence-corrected chi connectivity index (χ1v) is 8.26. The standard InChI is InChI=1S/C18H28N2O/c1-3-13-20(14-16-9-6-5-7-10-16)17(21)18(4-2)11-8-12-19-15-18/h5-7,9-10,19H,3-4,8,11-15H2,1-2H3. The van der Waals surface area contributed by atoms with Gasteiger partial charge in [-0.3, -0.25) is 4.79 Å². The van der Waals surface area contributed by atoms with Gasteiger partial charge < -0.3 is 10.2 Å². The van der Waals surface area contributed by atoms with E-state index in [-0.39, 0.29) is 5.41 Å². The van der Waals surface area contributed by atoms with E-state index in [1.165, 1.54) is 5.56 Å². The third-order valence-electron chi connectivity index (χ3n) is 4.60. The summed E-state index contributed by atoms with van der Waals surface area (Å²) in [6.45, 7) is 7.74. The van der Waals surface area contributed by atoms with E-state index in [2.05, 4.69) is 36.2 Å². The number of nitrogens with zero attached hydrogens (tertiary/aromatic N) is 1. The highest BCUT2D eigenvalue weighted by atomic mass is 16.2. The lowest BCUT2D eigenvalue weighted by atomic mass is 9.77. The van der Waals surface area contributed by atoms with E-state index < -0.39 is 0 Å². The SMILES string of the molecule is CCCN(Cc1ccccc1)C(=O)C1(CC)CCCNC1. The number of amides is 1. The summed E-state index contributed by atoms with van der Waals surface area (Å²) in [5.74, 6) is 0.336. The molecule has 1 heterocycles. The van der Waals surface area contributed by atoms with Crippen LogP contribution in [0.3, 0.4) is 0 Å². The Kier molecular flexibility index (Phi) is 5.80. The molecule has 0 aliphatic carbocycles. The lowest BCUT2D eigenvalue weighted by molar-refractivity contribution is -0.144. The van der Waals surface area contributed by atoms with Crippen LogP contribution in [-0.4, -0.2) is 30.4 Å². The van der Waals surface area contributed by atoms with Crippen LogP contribution in [0.15, 0.2) is 30.3 Å². The quantitative estimate of drug-likeness (QED) is 0.872. The average Bonchev–Trinajstić information content (AvgIpc) is 2.55. The fourth-order valence-electron chi connectivity index (χ4n) is 3.26. The van der Waals surface area contributed by atoms with E-state index >= 15 is 0 Å². The number of carbonyl (C=O) groups excluding carboxylic acids is 1. The van der Waals surface area contributed by atoms with Crippen molar-refractivity contribution in [2.75, 3.05) is 19.6 Å². The van der Waals surface area contributed by atoms with Crippen molar-refractivity contribution in [2.24, 2.45) is 5.41 Å². The maximum atomic E-state index is 13.1. The van der Waals surface area contributed by atoms with Crippen molar-refractivity contribution in [1.82, 2.24) is 10.2 Å². The molecule has 1 saturated heterocycles. The normalized spacial score (nSPS) is 22.0. The van der Waals surface area contributed by atoms with Crippen LogP contribution in [0.25, 0.3) is 0 Å². The smallest absolute Gasteiger partial charge is 0.230 e. The number of rotatable bonds is 6. The maximum absolute atomic E-state index is 13.1. The molecule has 0 aromatic heterocycles. The van der Waals surface area contributed by atoms with Gasteiger partial charge in [0.25, 0.3) is 0 Å². The van der Waals surface area contributed by atoms with Crippen molar-refractivity contribution in [2.45, 2.75) is 46.1 Å². The van der Waals surface area contributed by atoms with Gasteiger partial charge in [-0.05, 0) is 37.8 Å². The lowest BCUT2D eigenvalue weighted by Crippen LogP contribution is -2.51. The third kappa shape index (κ3) is 3.85. The Morgan fingerprint density at radius 2 is 2.05 bits per heavy atom. The second-order valence-electron chi connectivity index (χ2n) is 6.13. The molecule has 0 bridgehead atoms. The summed E-state index contributed by atoms with van der Waals surface area (Å²) in [5.41, 5.74) is 1.02. The van der Waals surface area contributed by atoms with Crippen molar-refractivity contribution >= 4 is 5.91 Å². The highest BCUT2D eigenvalue weighted by Crippen LogP contribution is 2.33. The molecule has 0 saturated carbocycles. The van der Waals surface area contributed by atoms with Gasteiger partial charge in [-0.15, -0.1) is 0 Å². The molecule has 1 aliphatic heterocycles. The summed E-state index contributed by atoms with van der Waals surface area (Å²) in [4.78, 5) is 15.2. The van der Waals surface area contributed by atoms with Crippen molar-refractivity contribution in [3.8, 4) is 0 Å². The molecule has 0 radical (unpaired) electrons. The van der Waals surface area contributed by atoms with Gasteiger partial charge >= 0.3 is 0 Å². The highest BCUT2D eigenvalue weighted by Gasteiger charge is 2.40. The predicted molar refractivity (Wildman–Crippen MR) is 87.0 cm³/mol. The van der Waals surface area contributed by atoms with E-state index in [1.807, 2.05) is 18.2 Å². The molecule has 1 fully saturated rings. The summed E-state index contributed by atoms with van der Waals surface area (Å²) in [7, 11) is 0. The first-order valence-electron chi connectivity index (χ1n) is 8.26. The summed E-state index contributed by atoms with van der Waals surface area (Å²) >= 11 is 0. The van der Waals surface area contributed by atoms with Crippen LogP contribution in [0.4, 0.5) is 0 Å². The molecule has 3 heteroatoms. The number of carbonyl (C=O) groups is 1. The van der Waals surface area contributed by atoms with Gasteiger partial charge in [-0.25, -0.2) is 0 Å². The second kappa shape index (κ2) is 7.60. The molecule has 21 heavy (non-hydrogen) atoms. The van der Waals surface area contributed by atoms with Gasteiger partial charge in [0, 0.05) is 19.6 Å². The Balaban J connectivity index is 2.14. The Labute approximate surface area is 128 Å². The van der Waals surface area contributed by atoms with Crippen LogP contribution in [0.1, 0.15) is 45.1 Å². The molecule has 1 aromatic rings. The third-order valence-corrected chi connectivity index (χ3v) is 4.60. The van der Waals surface area contributed by atoms with Crippen LogP contribution in [0.5, 0.6) is 0 Å². The second-order valence-corrected chi connectivity index (χ2v) is 6.13. The van der Waals surface area contributed by atoms with Gasteiger partial charge in [0.05, 0.1) is 5.41 Å². The largest absolute Gasteiger partial charge is 0.338 e. The zero-order valence-corrected chi connectivity index (χ0v) is 13.4.